The number of aryl methyl sites for hydroxylation is 1. The molecule has 1 atom stereocenters. The Bertz CT molecular complexity index is 835. The number of ether oxygens (including phenoxy) is 2. The van der Waals surface area contributed by atoms with Crippen LogP contribution >= 0.6 is 0 Å². The van der Waals surface area contributed by atoms with Gasteiger partial charge in [-0.2, -0.15) is 0 Å². The van der Waals surface area contributed by atoms with Crippen molar-refractivity contribution < 1.29 is 19.1 Å². The van der Waals surface area contributed by atoms with Crippen LogP contribution in [-0.4, -0.2) is 36.6 Å². The first kappa shape index (κ1) is 20.3. The van der Waals surface area contributed by atoms with Gasteiger partial charge in [-0.15, -0.1) is 0 Å². The van der Waals surface area contributed by atoms with Gasteiger partial charge in [-0.1, -0.05) is 38.1 Å². The summed E-state index contributed by atoms with van der Waals surface area (Å²) in [6, 6.07) is 8.48. The highest BCUT2D eigenvalue weighted by Crippen LogP contribution is 2.35. The molecular weight excluding hydrogens is 354 g/mol. The smallest absolute Gasteiger partial charge is 0.355 e. The van der Waals surface area contributed by atoms with Gasteiger partial charge in [0.15, 0.2) is 5.78 Å². The van der Waals surface area contributed by atoms with E-state index in [9.17, 15) is 9.59 Å². The van der Waals surface area contributed by atoms with E-state index in [1.54, 1.807) is 0 Å². The summed E-state index contributed by atoms with van der Waals surface area (Å²) in [5.74, 6) is -0.205. The Morgan fingerprint density at radius 1 is 1.11 bits per heavy atom. The van der Waals surface area contributed by atoms with Crippen LogP contribution in [0.1, 0.15) is 75.8 Å². The molecule has 0 aliphatic heterocycles. The molecule has 1 aliphatic rings. The zero-order valence-electron chi connectivity index (χ0n) is 17.0. The van der Waals surface area contributed by atoms with Crippen LogP contribution in [0.4, 0.5) is 0 Å². The van der Waals surface area contributed by atoms with Gasteiger partial charge in [-0.3, -0.25) is 4.79 Å². The van der Waals surface area contributed by atoms with E-state index in [4.69, 9.17) is 9.47 Å². The maximum Gasteiger partial charge on any atom is 0.355 e. The van der Waals surface area contributed by atoms with Gasteiger partial charge in [0.1, 0.15) is 12.3 Å². The van der Waals surface area contributed by atoms with E-state index in [1.807, 2.05) is 13.8 Å². The molecule has 3 rings (SSSR count). The fraction of sp³-hybridized carbons (Fsp3) is 0.478. The van der Waals surface area contributed by atoms with Crippen LogP contribution in [0.25, 0.3) is 0 Å². The minimum absolute atomic E-state index is 0.0879. The fourth-order valence-corrected chi connectivity index (χ4v) is 3.81. The van der Waals surface area contributed by atoms with E-state index >= 15 is 0 Å². The van der Waals surface area contributed by atoms with E-state index in [1.165, 1.54) is 11.1 Å². The molecule has 0 spiro atoms. The van der Waals surface area contributed by atoms with Crippen molar-refractivity contribution in [1.82, 2.24) is 4.98 Å². The summed E-state index contributed by atoms with van der Waals surface area (Å²) in [6.45, 7) is 7.22. The number of ketones is 1. The summed E-state index contributed by atoms with van der Waals surface area (Å²) < 4.78 is 10.6. The largest absolute Gasteiger partial charge is 0.459 e. The van der Waals surface area contributed by atoms with E-state index in [2.05, 4.69) is 36.2 Å². The average Bonchev–Trinajstić information content (AvgIpc) is 3.04. The molecule has 0 amide bonds. The minimum Gasteiger partial charge on any atom is -0.459 e. The minimum atomic E-state index is -0.427. The summed E-state index contributed by atoms with van der Waals surface area (Å²) in [5, 5.41) is 0. The second-order valence-corrected chi connectivity index (χ2v) is 7.35. The Kier molecular flexibility index (Phi) is 6.68. The van der Waals surface area contributed by atoms with Gasteiger partial charge in [0.2, 0.25) is 0 Å². The number of fused-ring (bicyclic) bond motifs is 1. The molecule has 5 nitrogen and oxygen atoms in total. The predicted octanol–water partition coefficient (Wildman–Crippen LogP) is 4.38. The van der Waals surface area contributed by atoms with Crippen LogP contribution in [0.2, 0.25) is 0 Å². The Morgan fingerprint density at radius 2 is 1.86 bits per heavy atom. The molecule has 1 aromatic heterocycles. The number of nitrogens with one attached hydrogen (secondary N) is 1. The molecule has 1 aromatic carbocycles. The van der Waals surface area contributed by atoms with Gasteiger partial charge < -0.3 is 14.5 Å². The van der Waals surface area contributed by atoms with Crippen molar-refractivity contribution in [1.29, 1.82) is 0 Å². The lowest BCUT2D eigenvalue weighted by Gasteiger charge is -2.22. The first-order valence-electron chi connectivity index (χ1n) is 10.1. The Morgan fingerprint density at radius 3 is 2.54 bits per heavy atom. The Hall–Kier alpha value is -2.40. The second-order valence-electron chi connectivity index (χ2n) is 7.35. The number of esters is 1. The summed E-state index contributed by atoms with van der Waals surface area (Å²) in [7, 11) is 0. The molecule has 0 unspecified atom stereocenters. The van der Waals surface area contributed by atoms with Crippen LogP contribution in [0, 0.1) is 6.92 Å². The topological polar surface area (TPSA) is 68.4 Å². The molecule has 1 heterocycles. The van der Waals surface area contributed by atoms with Gasteiger partial charge in [0.05, 0.1) is 6.61 Å². The summed E-state index contributed by atoms with van der Waals surface area (Å²) in [6.07, 6.45) is 3.12. The van der Waals surface area contributed by atoms with Crippen LogP contribution in [0.5, 0.6) is 0 Å². The van der Waals surface area contributed by atoms with Gasteiger partial charge in [-0.25, -0.2) is 4.79 Å². The molecule has 150 valence electrons. The normalized spacial score (nSPS) is 16.1. The second kappa shape index (κ2) is 9.20. The van der Waals surface area contributed by atoms with Crippen molar-refractivity contribution in [3.8, 4) is 0 Å². The van der Waals surface area contributed by atoms with Crippen LogP contribution < -0.4 is 0 Å². The number of carbonyl (C=O) groups excluding carboxylic acids is 2. The molecule has 0 radical (unpaired) electrons. The molecule has 0 fully saturated rings. The van der Waals surface area contributed by atoms with E-state index in [-0.39, 0.29) is 18.3 Å². The number of hydrogen-bond acceptors (Lipinski definition) is 4. The molecule has 2 aromatic rings. The third-order valence-corrected chi connectivity index (χ3v) is 5.36. The number of benzene rings is 1. The average molecular weight is 383 g/mol. The molecular formula is C23H29NO4. The standard InChI is InChI=1S/C23H29NO4/c1-4-10-27-11-12-28-23(26)22-15(3)21-19(24-22)13-18(14-20(21)25)17-8-6-16(5-2)7-9-17/h6-9,18,24H,4-5,10-14H2,1-3H3/t18-/m1/s1. The number of aromatic nitrogens is 1. The molecule has 0 saturated heterocycles. The lowest BCUT2D eigenvalue weighted by atomic mass is 9.81. The van der Waals surface area contributed by atoms with Crippen molar-refractivity contribution in [3.63, 3.8) is 0 Å². The van der Waals surface area contributed by atoms with Crippen molar-refractivity contribution in [2.24, 2.45) is 0 Å². The quantitative estimate of drug-likeness (QED) is 0.542. The van der Waals surface area contributed by atoms with E-state index in [0.29, 0.717) is 36.5 Å². The highest BCUT2D eigenvalue weighted by Gasteiger charge is 2.32. The molecule has 5 heteroatoms. The number of carbonyl (C=O) groups is 2. The number of Topliss-reactive ketones (excluding diaryl/α,β-unsaturated/α-hetero) is 1. The summed E-state index contributed by atoms with van der Waals surface area (Å²) in [4.78, 5) is 28.4. The van der Waals surface area contributed by atoms with Crippen molar-refractivity contribution in [2.75, 3.05) is 19.8 Å². The molecule has 0 saturated carbocycles. The zero-order chi connectivity index (χ0) is 20.1. The number of H-pyrrole nitrogens is 1. The summed E-state index contributed by atoms with van der Waals surface area (Å²) in [5.41, 5.74) is 5.04. The van der Waals surface area contributed by atoms with Crippen molar-refractivity contribution >= 4 is 11.8 Å². The lowest BCUT2D eigenvalue weighted by molar-refractivity contribution is 0.0312. The molecule has 0 bridgehead atoms. The highest BCUT2D eigenvalue weighted by atomic mass is 16.6. The van der Waals surface area contributed by atoms with E-state index in [0.717, 1.165) is 25.0 Å². The number of rotatable bonds is 8. The maximum atomic E-state index is 12.8. The van der Waals surface area contributed by atoms with Crippen LogP contribution in [0.3, 0.4) is 0 Å². The van der Waals surface area contributed by atoms with Gasteiger partial charge in [0.25, 0.3) is 0 Å². The van der Waals surface area contributed by atoms with Gasteiger partial charge >= 0.3 is 5.97 Å². The monoisotopic (exact) mass is 383 g/mol. The SMILES string of the molecule is CCCOCCOC(=O)c1[nH]c2c(c1C)C(=O)C[C@H](c1ccc(CC)cc1)C2. The third-order valence-electron chi connectivity index (χ3n) is 5.36. The van der Waals surface area contributed by atoms with Crippen molar-refractivity contribution in [3.05, 3.63) is 57.9 Å². The Labute approximate surface area is 166 Å². The molecule has 1 N–H and O–H groups in total. The molecule has 28 heavy (non-hydrogen) atoms. The molecule has 1 aliphatic carbocycles. The zero-order valence-corrected chi connectivity index (χ0v) is 17.0. The summed E-state index contributed by atoms with van der Waals surface area (Å²) >= 11 is 0. The lowest BCUT2D eigenvalue weighted by Crippen LogP contribution is -2.18. The third kappa shape index (κ3) is 4.36. The van der Waals surface area contributed by atoms with Crippen LogP contribution in [0.15, 0.2) is 24.3 Å². The predicted molar refractivity (Wildman–Crippen MR) is 108 cm³/mol. The van der Waals surface area contributed by atoms with Crippen molar-refractivity contribution in [2.45, 2.75) is 52.4 Å². The van der Waals surface area contributed by atoms with Crippen LogP contribution in [-0.2, 0) is 22.3 Å². The number of hydrogen-bond donors (Lipinski definition) is 1. The first-order chi connectivity index (χ1) is 13.5. The fourth-order valence-electron chi connectivity index (χ4n) is 3.81. The van der Waals surface area contributed by atoms with E-state index < -0.39 is 5.97 Å². The number of aromatic amines is 1. The Balaban J connectivity index is 1.72. The van der Waals surface area contributed by atoms with Gasteiger partial charge in [-0.05, 0) is 48.8 Å². The van der Waals surface area contributed by atoms with Gasteiger partial charge in [0, 0.05) is 24.3 Å². The maximum absolute atomic E-state index is 12.8. The highest BCUT2D eigenvalue weighted by molar-refractivity contribution is 6.03. The first-order valence-corrected chi connectivity index (χ1v) is 10.1.